The van der Waals surface area contributed by atoms with Crippen LogP contribution in [0.3, 0.4) is 0 Å². The van der Waals surface area contributed by atoms with Crippen LogP contribution in [0.5, 0.6) is 5.75 Å². The first-order valence-electron chi connectivity index (χ1n) is 9.29. The van der Waals surface area contributed by atoms with Crippen LogP contribution in [0.1, 0.15) is 69.6 Å². The summed E-state index contributed by atoms with van der Waals surface area (Å²) in [6, 6.07) is 4.36. The van der Waals surface area contributed by atoms with E-state index in [1.165, 1.54) is 11.1 Å². The number of benzene rings is 1. The fourth-order valence-electron chi connectivity index (χ4n) is 5.04. The standard InChI is InChI=1S/C21H32O3/c1-13(2)16-10-14-6-7-18-20(3,4)9-8-19(22)21(18,23)12-15(14)11-17(16)24-5/h10-11,13,18-19,22-23H,6-9,12H2,1-5H3. The molecule has 24 heavy (non-hydrogen) atoms. The Morgan fingerprint density at radius 2 is 1.88 bits per heavy atom. The minimum atomic E-state index is -1.03. The molecule has 3 rings (SSSR count). The van der Waals surface area contributed by atoms with E-state index in [1.807, 2.05) is 0 Å². The quantitative estimate of drug-likeness (QED) is 0.865. The normalized spacial score (nSPS) is 32.0. The molecule has 0 bridgehead atoms. The Hall–Kier alpha value is -1.06. The van der Waals surface area contributed by atoms with E-state index < -0.39 is 11.7 Å². The van der Waals surface area contributed by atoms with Gasteiger partial charge in [0.15, 0.2) is 0 Å². The molecular formula is C21H32O3. The number of ether oxygens (including phenoxy) is 1. The second-order valence-electron chi connectivity index (χ2n) is 8.82. The van der Waals surface area contributed by atoms with Crippen molar-refractivity contribution in [3.05, 3.63) is 28.8 Å². The van der Waals surface area contributed by atoms with Crippen molar-refractivity contribution in [3.63, 3.8) is 0 Å². The van der Waals surface area contributed by atoms with Gasteiger partial charge in [-0.15, -0.1) is 0 Å². The molecule has 0 saturated heterocycles. The van der Waals surface area contributed by atoms with E-state index in [0.717, 1.165) is 30.6 Å². The molecule has 3 unspecified atom stereocenters. The third-order valence-electron chi connectivity index (χ3n) is 6.54. The molecule has 1 saturated carbocycles. The highest BCUT2D eigenvalue weighted by Gasteiger charge is 2.54. The monoisotopic (exact) mass is 332 g/mol. The molecule has 0 spiro atoms. The summed E-state index contributed by atoms with van der Waals surface area (Å²) in [4.78, 5) is 0. The molecule has 2 aliphatic rings. The summed E-state index contributed by atoms with van der Waals surface area (Å²) in [6.07, 6.45) is 3.41. The second kappa shape index (κ2) is 6.03. The molecule has 2 aliphatic carbocycles. The maximum atomic E-state index is 11.5. The molecule has 1 fully saturated rings. The smallest absolute Gasteiger partial charge is 0.122 e. The van der Waals surface area contributed by atoms with E-state index in [1.54, 1.807) is 7.11 Å². The van der Waals surface area contributed by atoms with Crippen LogP contribution in [0.15, 0.2) is 12.1 Å². The molecule has 1 aromatic carbocycles. The van der Waals surface area contributed by atoms with Crippen molar-refractivity contribution in [2.45, 2.75) is 77.4 Å². The third-order valence-corrected chi connectivity index (χ3v) is 6.54. The van der Waals surface area contributed by atoms with Crippen LogP contribution < -0.4 is 4.74 Å². The van der Waals surface area contributed by atoms with E-state index in [4.69, 9.17) is 4.74 Å². The Balaban J connectivity index is 2.07. The van der Waals surface area contributed by atoms with Crippen molar-refractivity contribution in [2.24, 2.45) is 11.3 Å². The van der Waals surface area contributed by atoms with Gasteiger partial charge < -0.3 is 14.9 Å². The zero-order chi connectivity index (χ0) is 17.7. The average Bonchev–Trinajstić information content (AvgIpc) is 2.67. The topological polar surface area (TPSA) is 49.7 Å². The SMILES string of the molecule is COc1cc2c(cc1C(C)C)CCC1C(C)(C)CCC(O)C1(O)C2. The number of aryl methyl sites for hydroxylation is 1. The lowest BCUT2D eigenvalue weighted by molar-refractivity contribution is -0.173. The largest absolute Gasteiger partial charge is 0.496 e. The minimum absolute atomic E-state index is 0.0565. The number of hydrogen-bond donors (Lipinski definition) is 2. The Morgan fingerprint density at radius 3 is 2.50 bits per heavy atom. The van der Waals surface area contributed by atoms with Gasteiger partial charge in [-0.2, -0.15) is 0 Å². The summed E-state index contributed by atoms with van der Waals surface area (Å²) >= 11 is 0. The summed E-state index contributed by atoms with van der Waals surface area (Å²) in [5, 5.41) is 22.1. The summed E-state index contributed by atoms with van der Waals surface area (Å²) in [6.45, 7) is 8.84. The van der Waals surface area contributed by atoms with Crippen LogP contribution in [-0.4, -0.2) is 29.0 Å². The molecular weight excluding hydrogens is 300 g/mol. The molecule has 0 heterocycles. The highest BCUT2D eigenvalue weighted by Crippen LogP contribution is 2.51. The Bertz CT molecular complexity index is 620. The van der Waals surface area contributed by atoms with Gasteiger partial charge in [-0.05, 0) is 65.7 Å². The summed E-state index contributed by atoms with van der Waals surface area (Å²) in [5.74, 6) is 1.42. The van der Waals surface area contributed by atoms with Crippen molar-refractivity contribution in [2.75, 3.05) is 7.11 Å². The first kappa shape index (κ1) is 17.8. The predicted molar refractivity (Wildman–Crippen MR) is 96.6 cm³/mol. The van der Waals surface area contributed by atoms with Gasteiger partial charge in [0, 0.05) is 6.42 Å². The predicted octanol–water partition coefficient (Wildman–Crippen LogP) is 3.84. The molecule has 3 heteroatoms. The van der Waals surface area contributed by atoms with Crippen LogP contribution in [0, 0.1) is 11.3 Å². The van der Waals surface area contributed by atoms with E-state index in [9.17, 15) is 10.2 Å². The highest BCUT2D eigenvalue weighted by molar-refractivity contribution is 5.46. The van der Waals surface area contributed by atoms with E-state index in [2.05, 4.69) is 39.8 Å². The molecule has 1 aromatic rings. The first-order chi connectivity index (χ1) is 11.2. The number of hydrogen-bond acceptors (Lipinski definition) is 3. The maximum absolute atomic E-state index is 11.5. The molecule has 3 nitrogen and oxygen atoms in total. The van der Waals surface area contributed by atoms with Crippen molar-refractivity contribution < 1.29 is 14.9 Å². The van der Waals surface area contributed by atoms with Gasteiger partial charge in [0.2, 0.25) is 0 Å². The molecule has 0 aromatic heterocycles. The molecule has 2 N–H and O–H groups in total. The van der Waals surface area contributed by atoms with Crippen LogP contribution in [0.25, 0.3) is 0 Å². The molecule has 0 amide bonds. The van der Waals surface area contributed by atoms with Crippen molar-refractivity contribution in [1.29, 1.82) is 0 Å². The van der Waals surface area contributed by atoms with E-state index >= 15 is 0 Å². The van der Waals surface area contributed by atoms with Gasteiger partial charge in [-0.25, -0.2) is 0 Å². The zero-order valence-corrected chi connectivity index (χ0v) is 15.7. The number of methoxy groups -OCH3 is 1. The van der Waals surface area contributed by atoms with Crippen LogP contribution in [0.4, 0.5) is 0 Å². The number of aliphatic hydroxyl groups excluding tert-OH is 1. The average molecular weight is 332 g/mol. The minimum Gasteiger partial charge on any atom is -0.496 e. The Kier molecular flexibility index (Phi) is 4.46. The fourth-order valence-corrected chi connectivity index (χ4v) is 5.04. The maximum Gasteiger partial charge on any atom is 0.122 e. The van der Waals surface area contributed by atoms with E-state index in [0.29, 0.717) is 18.8 Å². The second-order valence-corrected chi connectivity index (χ2v) is 8.82. The van der Waals surface area contributed by atoms with Crippen LogP contribution in [0.2, 0.25) is 0 Å². The summed E-state index contributed by atoms with van der Waals surface area (Å²) < 4.78 is 5.61. The van der Waals surface area contributed by atoms with Gasteiger partial charge in [0.05, 0.1) is 18.8 Å². The van der Waals surface area contributed by atoms with Gasteiger partial charge in [-0.1, -0.05) is 33.8 Å². The Morgan fingerprint density at radius 1 is 1.17 bits per heavy atom. The Labute approximate surface area is 146 Å². The molecule has 3 atom stereocenters. The van der Waals surface area contributed by atoms with Crippen molar-refractivity contribution in [1.82, 2.24) is 0 Å². The number of rotatable bonds is 2. The lowest BCUT2D eigenvalue weighted by Crippen LogP contribution is -2.58. The van der Waals surface area contributed by atoms with Crippen molar-refractivity contribution >= 4 is 0 Å². The highest BCUT2D eigenvalue weighted by atomic mass is 16.5. The van der Waals surface area contributed by atoms with Gasteiger partial charge in [0.25, 0.3) is 0 Å². The summed E-state index contributed by atoms with van der Waals surface area (Å²) in [7, 11) is 1.71. The van der Waals surface area contributed by atoms with Gasteiger partial charge >= 0.3 is 0 Å². The zero-order valence-electron chi connectivity index (χ0n) is 15.7. The lowest BCUT2D eigenvalue weighted by Gasteiger charge is -2.51. The number of aliphatic hydroxyl groups is 2. The van der Waals surface area contributed by atoms with Crippen LogP contribution in [-0.2, 0) is 12.8 Å². The molecule has 134 valence electrons. The van der Waals surface area contributed by atoms with Crippen molar-refractivity contribution in [3.8, 4) is 5.75 Å². The molecule has 0 radical (unpaired) electrons. The van der Waals surface area contributed by atoms with Gasteiger partial charge in [-0.3, -0.25) is 0 Å². The lowest BCUT2D eigenvalue weighted by atomic mass is 9.58. The third kappa shape index (κ3) is 2.76. The fraction of sp³-hybridized carbons (Fsp3) is 0.714. The first-order valence-corrected chi connectivity index (χ1v) is 9.29. The number of fused-ring (bicyclic) bond motifs is 2. The molecule has 0 aliphatic heterocycles. The summed E-state index contributed by atoms with van der Waals surface area (Å²) in [5.41, 5.74) is 2.70. The van der Waals surface area contributed by atoms with Crippen LogP contribution >= 0.6 is 0 Å². The van der Waals surface area contributed by atoms with Gasteiger partial charge in [0.1, 0.15) is 5.75 Å². The van der Waals surface area contributed by atoms with E-state index in [-0.39, 0.29) is 11.3 Å².